The van der Waals surface area contributed by atoms with Gasteiger partial charge in [0.25, 0.3) is 5.22 Å². The van der Waals surface area contributed by atoms with E-state index in [2.05, 4.69) is 4.98 Å². The van der Waals surface area contributed by atoms with Crippen molar-refractivity contribution in [2.45, 2.75) is 10.1 Å². The molecule has 0 radical (unpaired) electrons. The molecule has 0 spiro atoms. The molecular formula is C23H19NO4S. The number of benzene rings is 3. The van der Waals surface area contributed by atoms with Crippen molar-refractivity contribution in [2.75, 3.05) is 14.2 Å². The van der Waals surface area contributed by atoms with Gasteiger partial charge in [0.2, 0.25) is 0 Å². The molecule has 1 aromatic heterocycles. The fraction of sp³-hybridized carbons (Fsp3) is 0.0870. The van der Waals surface area contributed by atoms with Crippen molar-refractivity contribution in [3.63, 3.8) is 0 Å². The predicted octanol–water partition coefficient (Wildman–Crippen LogP) is 5.19. The van der Waals surface area contributed by atoms with Gasteiger partial charge in [0.05, 0.1) is 14.2 Å². The third-order valence-electron chi connectivity index (χ3n) is 4.44. The first kappa shape index (κ1) is 19.0. The summed E-state index contributed by atoms with van der Waals surface area (Å²) in [6, 6.07) is 24.1. The van der Waals surface area contributed by atoms with Gasteiger partial charge in [-0.25, -0.2) is 9.19 Å². The van der Waals surface area contributed by atoms with Gasteiger partial charge >= 0.3 is 0 Å². The van der Waals surface area contributed by atoms with Crippen molar-refractivity contribution < 1.29 is 18.1 Å². The molecule has 1 heterocycles. The van der Waals surface area contributed by atoms with Gasteiger partial charge in [-0.3, -0.25) is 0 Å². The molecule has 0 fully saturated rings. The van der Waals surface area contributed by atoms with Crippen LogP contribution in [0.3, 0.4) is 0 Å². The summed E-state index contributed by atoms with van der Waals surface area (Å²) in [7, 11) is 1.72. The summed E-state index contributed by atoms with van der Waals surface area (Å²) in [5, 5.41) is 0.160. The normalized spacial score (nSPS) is 11.8. The molecule has 3 aromatic carbocycles. The van der Waals surface area contributed by atoms with E-state index in [0.29, 0.717) is 16.3 Å². The number of methoxy groups -OCH3 is 2. The predicted molar refractivity (Wildman–Crippen MR) is 112 cm³/mol. The summed E-state index contributed by atoms with van der Waals surface area (Å²) in [5.41, 5.74) is 2.29. The zero-order valence-electron chi connectivity index (χ0n) is 16.0. The van der Waals surface area contributed by atoms with E-state index < -0.39 is 10.8 Å². The quantitative estimate of drug-likeness (QED) is 0.442. The Kier molecular flexibility index (Phi) is 5.44. The lowest BCUT2D eigenvalue weighted by atomic mass is 10.1. The molecule has 0 saturated carbocycles. The minimum atomic E-state index is -1.52. The Balaban J connectivity index is 1.82. The van der Waals surface area contributed by atoms with Crippen LogP contribution in [0.5, 0.6) is 11.5 Å². The van der Waals surface area contributed by atoms with Crippen LogP contribution in [0.1, 0.15) is 0 Å². The summed E-state index contributed by atoms with van der Waals surface area (Å²) in [6.07, 6.45) is 0. The van der Waals surface area contributed by atoms with Gasteiger partial charge in [-0.15, -0.1) is 0 Å². The van der Waals surface area contributed by atoms with Gasteiger partial charge in [0, 0.05) is 16.0 Å². The maximum absolute atomic E-state index is 13.0. The molecule has 4 rings (SSSR count). The minimum absolute atomic E-state index is 0.160. The van der Waals surface area contributed by atoms with E-state index in [0.717, 1.165) is 22.6 Å². The Labute approximate surface area is 171 Å². The molecule has 4 aromatic rings. The van der Waals surface area contributed by atoms with E-state index in [1.165, 1.54) is 0 Å². The van der Waals surface area contributed by atoms with Crippen LogP contribution < -0.4 is 9.47 Å². The number of aromatic nitrogens is 1. The van der Waals surface area contributed by atoms with Gasteiger partial charge < -0.3 is 13.9 Å². The van der Waals surface area contributed by atoms with Crippen molar-refractivity contribution in [1.82, 2.24) is 4.98 Å². The van der Waals surface area contributed by atoms with E-state index in [1.54, 1.807) is 26.4 Å². The van der Waals surface area contributed by atoms with E-state index in [-0.39, 0.29) is 5.22 Å². The maximum atomic E-state index is 13.0. The van der Waals surface area contributed by atoms with Gasteiger partial charge in [0.1, 0.15) is 28.0 Å². The number of ether oxygens (including phenoxy) is 2. The first-order valence-electron chi connectivity index (χ1n) is 8.96. The highest BCUT2D eigenvalue weighted by molar-refractivity contribution is 7.84. The molecule has 29 heavy (non-hydrogen) atoms. The van der Waals surface area contributed by atoms with Gasteiger partial charge in [-0.2, -0.15) is 0 Å². The summed E-state index contributed by atoms with van der Waals surface area (Å²) in [6.45, 7) is 0. The van der Waals surface area contributed by atoms with Crippen molar-refractivity contribution in [1.29, 1.82) is 0 Å². The summed E-state index contributed by atoms with van der Waals surface area (Å²) >= 11 is 0. The molecule has 0 amide bonds. The Morgan fingerprint density at radius 2 is 1.31 bits per heavy atom. The van der Waals surface area contributed by atoms with Crippen LogP contribution in [0, 0.1) is 0 Å². The average Bonchev–Trinajstić information content (AvgIpc) is 3.24. The molecule has 0 bridgehead atoms. The molecule has 0 aliphatic heterocycles. The Bertz CT molecular complexity index is 1060. The number of nitrogens with zero attached hydrogens (tertiary/aromatic N) is 1. The van der Waals surface area contributed by atoms with E-state index >= 15 is 0 Å². The van der Waals surface area contributed by atoms with Crippen molar-refractivity contribution in [3.05, 3.63) is 78.9 Å². The van der Waals surface area contributed by atoms with Crippen LogP contribution in [0.25, 0.3) is 22.6 Å². The van der Waals surface area contributed by atoms with Gasteiger partial charge in [-0.1, -0.05) is 18.2 Å². The highest BCUT2D eigenvalue weighted by atomic mass is 32.2. The molecule has 5 nitrogen and oxygen atoms in total. The first-order chi connectivity index (χ1) is 14.2. The van der Waals surface area contributed by atoms with Crippen LogP contribution >= 0.6 is 0 Å². The smallest absolute Gasteiger partial charge is 0.292 e. The number of oxazole rings is 1. The molecule has 0 aliphatic carbocycles. The first-order valence-corrected chi connectivity index (χ1v) is 10.1. The fourth-order valence-corrected chi connectivity index (χ4v) is 3.85. The molecule has 6 heteroatoms. The van der Waals surface area contributed by atoms with Gasteiger partial charge in [0.15, 0.2) is 5.76 Å². The minimum Gasteiger partial charge on any atom is -0.497 e. The van der Waals surface area contributed by atoms with Crippen LogP contribution in [0.15, 0.2) is 93.4 Å². The lowest BCUT2D eigenvalue weighted by molar-refractivity contribution is 0.414. The summed E-state index contributed by atoms with van der Waals surface area (Å²) in [5.74, 6) is 2.04. The average molecular weight is 405 g/mol. The van der Waals surface area contributed by atoms with Crippen LogP contribution in [-0.4, -0.2) is 23.4 Å². The van der Waals surface area contributed by atoms with Gasteiger partial charge in [-0.05, 0) is 60.7 Å². The summed E-state index contributed by atoms with van der Waals surface area (Å²) in [4.78, 5) is 5.23. The number of hydrogen-bond acceptors (Lipinski definition) is 5. The zero-order valence-corrected chi connectivity index (χ0v) is 16.8. The van der Waals surface area contributed by atoms with Crippen molar-refractivity contribution in [2.24, 2.45) is 0 Å². The standard InChI is InChI=1S/C23H19NO4S/c1-26-18-12-8-16(9-13-18)21-22(17-10-14-19(27-2)15-11-17)28-23(24-21)29(25)20-6-4-3-5-7-20/h3-15H,1-2H3. The Morgan fingerprint density at radius 1 is 0.759 bits per heavy atom. The molecule has 146 valence electrons. The Hall–Kier alpha value is -3.38. The molecule has 0 aliphatic rings. The van der Waals surface area contributed by atoms with Crippen molar-refractivity contribution >= 4 is 10.8 Å². The maximum Gasteiger partial charge on any atom is 0.292 e. The van der Waals surface area contributed by atoms with Crippen LogP contribution in [-0.2, 0) is 10.8 Å². The van der Waals surface area contributed by atoms with E-state index in [4.69, 9.17) is 13.9 Å². The third-order valence-corrected chi connectivity index (χ3v) is 5.63. The van der Waals surface area contributed by atoms with Crippen LogP contribution in [0.2, 0.25) is 0 Å². The molecule has 0 saturated heterocycles. The molecule has 0 N–H and O–H groups in total. The molecular weight excluding hydrogens is 386 g/mol. The van der Waals surface area contributed by atoms with E-state index in [9.17, 15) is 4.21 Å². The second-order valence-corrected chi connectivity index (χ2v) is 7.55. The highest BCUT2D eigenvalue weighted by Gasteiger charge is 2.21. The van der Waals surface area contributed by atoms with E-state index in [1.807, 2.05) is 66.7 Å². The number of hydrogen-bond donors (Lipinski definition) is 0. The van der Waals surface area contributed by atoms with Crippen molar-refractivity contribution in [3.8, 4) is 34.1 Å². The second-order valence-electron chi connectivity index (χ2n) is 6.20. The molecule has 1 atom stereocenters. The largest absolute Gasteiger partial charge is 0.497 e. The fourth-order valence-electron chi connectivity index (χ4n) is 2.91. The monoisotopic (exact) mass is 405 g/mol. The molecule has 1 unspecified atom stereocenters. The Morgan fingerprint density at radius 3 is 1.86 bits per heavy atom. The zero-order chi connectivity index (χ0) is 20.2. The lowest BCUT2D eigenvalue weighted by Gasteiger charge is -2.04. The van der Waals surface area contributed by atoms with Crippen LogP contribution in [0.4, 0.5) is 0 Å². The number of rotatable bonds is 6. The highest BCUT2D eigenvalue weighted by Crippen LogP contribution is 2.35. The SMILES string of the molecule is COc1ccc(-c2nc(S(=O)c3ccccc3)oc2-c2ccc(OC)cc2)cc1. The topological polar surface area (TPSA) is 61.6 Å². The lowest BCUT2D eigenvalue weighted by Crippen LogP contribution is -1.92. The summed E-state index contributed by atoms with van der Waals surface area (Å²) < 4.78 is 29.5. The second kappa shape index (κ2) is 8.32. The third kappa shape index (κ3) is 3.93.